The average Bonchev–Trinajstić information content (AvgIpc) is 2.35. The molecule has 0 atom stereocenters. The molecule has 1 heterocycles. The fraction of sp³-hybridized carbons (Fsp3) is 0.818. The van der Waals surface area contributed by atoms with E-state index in [1.165, 1.54) is 0 Å². The van der Waals surface area contributed by atoms with E-state index in [2.05, 4.69) is 10.3 Å². The number of carbonyl (C=O) groups is 1. The highest BCUT2D eigenvalue weighted by Gasteiger charge is 2.11. The van der Waals surface area contributed by atoms with E-state index >= 15 is 0 Å². The lowest BCUT2D eigenvalue weighted by molar-refractivity contribution is -0.123. The minimum atomic E-state index is 0.00979. The normalized spacial score (nSPS) is 17.4. The van der Waals surface area contributed by atoms with Crippen LogP contribution >= 0.6 is 0 Å². The zero-order chi connectivity index (χ0) is 12.7. The lowest BCUT2D eigenvalue weighted by Gasteiger charge is -2.27. The summed E-state index contributed by atoms with van der Waals surface area (Å²) in [6, 6.07) is 0. The zero-order valence-electron chi connectivity index (χ0n) is 10.6. The van der Waals surface area contributed by atoms with Crippen molar-refractivity contribution in [1.82, 2.24) is 10.2 Å². The van der Waals surface area contributed by atoms with Gasteiger partial charge in [-0.2, -0.15) is 0 Å². The Bertz CT molecular complexity index is 273. The molecule has 6 nitrogen and oxygen atoms in total. The predicted octanol–water partition coefficient (Wildman–Crippen LogP) is -0.594. The van der Waals surface area contributed by atoms with Crippen LogP contribution in [-0.2, 0) is 9.53 Å². The number of rotatable bonds is 4. The quantitative estimate of drug-likeness (QED) is 0.392. The molecule has 98 valence electrons. The van der Waals surface area contributed by atoms with Crippen molar-refractivity contribution < 1.29 is 9.53 Å². The van der Waals surface area contributed by atoms with Gasteiger partial charge < -0.3 is 20.7 Å². The average molecular weight is 242 g/mol. The van der Waals surface area contributed by atoms with Crippen LogP contribution in [0.25, 0.3) is 0 Å². The molecular formula is C11H22N4O2. The lowest BCUT2D eigenvalue weighted by Crippen LogP contribution is -2.45. The Morgan fingerprint density at radius 1 is 1.47 bits per heavy atom. The van der Waals surface area contributed by atoms with Crippen LogP contribution in [0.4, 0.5) is 0 Å². The molecule has 0 bridgehead atoms. The van der Waals surface area contributed by atoms with E-state index in [1.807, 2.05) is 18.7 Å². The molecule has 0 aliphatic carbocycles. The number of aliphatic imine (C=N–C) groups is 1. The number of nitrogens with zero attached hydrogens (tertiary/aromatic N) is 2. The number of nitrogens with two attached hydrogens (primary N) is 1. The maximum absolute atomic E-state index is 11.3. The molecule has 0 saturated carbocycles. The molecule has 1 aliphatic rings. The van der Waals surface area contributed by atoms with Gasteiger partial charge in [0.2, 0.25) is 5.91 Å². The highest BCUT2D eigenvalue weighted by Crippen LogP contribution is 1.95. The van der Waals surface area contributed by atoms with Crippen molar-refractivity contribution in [2.24, 2.45) is 16.6 Å². The minimum Gasteiger partial charge on any atom is -0.378 e. The molecule has 17 heavy (non-hydrogen) atoms. The van der Waals surface area contributed by atoms with Crippen molar-refractivity contribution in [2.45, 2.75) is 13.8 Å². The summed E-state index contributed by atoms with van der Waals surface area (Å²) in [4.78, 5) is 17.5. The molecule has 0 aromatic rings. The zero-order valence-corrected chi connectivity index (χ0v) is 10.6. The molecule has 1 amide bonds. The summed E-state index contributed by atoms with van der Waals surface area (Å²) >= 11 is 0. The number of amides is 1. The van der Waals surface area contributed by atoms with Crippen LogP contribution < -0.4 is 11.1 Å². The van der Waals surface area contributed by atoms with Gasteiger partial charge in [0, 0.05) is 25.6 Å². The first-order valence-electron chi connectivity index (χ1n) is 6.01. The Morgan fingerprint density at radius 2 is 2.12 bits per heavy atom. The molecule has 0 aromatic heterocycles. The van der Waals surface area contributed by atoms with Crippen LogP contribution in [0.2, 0.25) is 0 Å². The monoisotopic (exact) mass is 242 g/mol. The van der Waals surface area contributed by atoms with Gasteiger partial charge in [0.1, 0.15) is 0 Å². The Hall–Kier alpha value is -1.30. The minimum absolute atomic E-state index is 0.00979. The molecule has 0 radical (unpaired) electrons. The topological polar surface area (TPSA) is 80.0 Å². The van der Waals surface area contributed by atoms with Crippen LogP contribution in [0.1, 0.15) is 13.8 Å². The second-order valence-electron chi connectivity index (χ2n) is 4.29. The van der Waals surface area contributed by atoms with E-state index in [4.69, 9.17) is 10.5 Å². The molecule has 6 heteroatoms. The summed E-state index contributed by atoms with van der Waals surface area (Å²) in [5, 5.41) is 2.80. The number of ether oxygens (including phenoxy) is 1. The second-order valence-corrected chi connectivity index (χ2v) is 4.29. The Kier molecular flexibility index (Phi) is 5.76. The van der Waals surface area contributed by atoms with Crippen LogP contribution in [-0.4, -0.2) is 56.2 Å². The van der Waals surface area contributed by atoms with Crippen molar-refractivity contribution in [2.75, 3.05) is 39.4 Å². The Labute approximate surface area is 102 Å². The third kappa shape index (κ3) is 5.04. The van der Waals surface area contributed by atoms with Crippen molar-refractivity contribution in [3.05, 3.63) is 0 Å². The SMILES string of the molecule is CC(C)C(=O)NCCN=C(N)N1CCOCC1. The molecule has 1 fully saturated rings. The summed E-state index contributed by atoms with van der Waals surface area (Å²) in [6.07, 6.45) is 0. The van der Waals surface area contributed by atoms with Crippen molar-refractivity contribution in [3.63, 3.8) is 0 Å². The van der Waals surface area contributed by atoms with E-state index < -0.39 is 0 Å². The number of guanidine groups is 1. The molecule has 1 rings (SSSR count). The largest absolute Gasteiger partial charge is 0.378 e. The van der Waals surface area contributed by atoms with Gasteiger partial charge in [0.05, 0.1) is 19.8 Å². The van der Waals surface area contributed by atoms with Crippen molar-refractivity contribution in [1.29, 1.82) is 0 Å². The molecule has 0 spiro atoms. The number of carbonyl (C=O) groups excluding carboxylic acids is 1. The Balaban J connectivity index is 2.21. The first-order chi connectivity index (χ1) is 8.11. The first kappa shape index (κ1) is 13.8. The number of nitrogens with one attached hydrogen (secondary N) is 1. The molecule has 0 aromatic carbocycles. The summed E-state index contributed by atoms with van der Waals surface area (Å²) in [7, 11) is 0. The lowest BCUT2D eigenvalue weighted by atomic mass is 10.2. The maximum atomic E-state index is 11.3. The Morgan fingerprint density at radius 3 is 2.71 bits per heavy atom. The van der Waals surface area contributed by atoms with E-state index in [1.54, 1.807) is 0 Å². The highest BCUT2D eigenvalue weighted by molar-refractivity contribution is 5.79. The van der Waals surface area contributed by atoms with E-state index in [0.717, 1.165) is 13.1 Å². The van der Waals surface area contributed by atoms with Gasteiger partial charge in [-0.15, -0.1) is 0 Å². The van der Waals surface area contributed by atoms with Gasteiger partial charge in [0.25, 0.3) is 0 Å². The summed E-state index contributed by atoms with van der Waals surface area (Å²) in [5.41, 5.74) is 5.83. The fourth-order valence-electron chi connectivity index (χ4n) is 1.45. The smallest absolute Gasteiger partial charge is 0.222 e. The van der Waals surface area contributed by atoms with Gasteiger partial charge in [-0.3, -0.25) is 9.79 Å². The molecular weight excluding hydrogens is 220 g/mol. The molecule has 3 N–H and O–H groups in total. The van der Waals surface area contributed by atoms with Crippen molar-refractivity contribution in [3.8, 4) is 0 Å². The number of morpholine rings is 1. The van der Waals surface area contributed by atoms with E-state index in [0.29, 0.717) is 32.3 Å². The van der Waals surface area contributed by atoms with Crippen LogP contribution in [0.15, 0.2) is 4.99 Å². The van der Waals surface area contributed by atoms with Gasteiger partial charge in [-0.25, -0.2) is 0 Å². The summed E-state index contributed by atoms with van der Waals surface area (Å²) in [5.74, 6) is 0.591. The highest BCUT2D eigenvalue weighted by atomic mass is 16.5. The number of hydrogen-bond donors (Lipinski definition) is 2. The fourth-order valence-corrected chi connectivity index (χ4v) is 1.45. The third-order valence-electron chi connectivity index (χ3n) is 2.54. The summed E-state index contributed by atoms with van der Waals surface area (Å²) in [6.45, 7) is 7.73. The summed E-state index contributed by atoms with van der Waals surface area (Å²) < 4.78 is 5.22. The third-order valence-corrected chi connectivity index (χ3v) is 2.54. The van der Waals surface area contributed by atoms with Crippen LogP contribution in [0, 0.1) is 5.92 Å². The van der Waals surface area contributed by atoms with Gasteiger partial charge in [-0.05, 0) is 0 Å². The van der Waals surface area contributed by atoms with Crippen LogP contribution in [0.3, 0.4) is 0 Å². The molecule has 1 saturated heterocycles. The molecule has 0 unspecified atom stereocenters. The van der Waals surface area contributed by atoms with Crippen LogP contribution in [0.5, 0.6) is 0 Å². The van der Waals surface area contributed by atoms with E-state index in [9.17, 15) is 4.79 Å². The van der Waals surface area contributed by atoms with Gasteiger partial charge >= 0.3 is 0 Å². The maximum Gasteiger partial charge on any atom is 0.222 e. The van der Waals surface area contributed by atoms with Crippen molar-refractivity contribution >= 4 is 11.9 Å². The number of hydrogen-bond acceptors (Lipinski definition) is 3. The predicted molar refractivity (Wildman–Crippen MR) is 66.7 cm³/mol. The second kappa shape index (κ2) is 7.11. The standard InChI is InChI=1S/C11H22N4O2/c1-9(2)10(16)13-3-4-14-11(12)15-5-7-17-8-6-15/h9H,3-8H2,1-2H3,(H2,12,14)(H,13,16). The van der Waals surface area contributed by atoms with Gasteiger partial charge in [-0.1, -0.05) is 13.8 Å². The van der Waals surface area contributed by atoms with Gasteiger partial charge in [0.15, 0.2) is 5.96 Å². The first-order valence-corrected chi connectivity index (χ1v) is 6.01. The molecule has 1 aliphatic heterocycles. The van der Waals surface area contributed by atoms with E-state index in [-0.39, 0.29) is 11.8 Å².